The summed E-state index contributed by atoms with van der Waals surface area (Å²) in [7, 11) is -2.20. The molecule has 0 aliphatic carbocycles. The number of carbonyl (C=O) groups excluding carboxylic acids is 1. The highest BCUT2D eigenvalue weighted by Gasteiger charge is 2.30. The van der Waals surface area contributed by atoms with Crippen molar-refractivity contribution in [3.05, 3.63) is 65.7 Å². The number of benzene rings is 2. The minimum atomic E-state index is -3.71. The van der Waals surface area contributed by atoms with E-state index in [0.29, 0.717) is 50.6 Å². The second kappa shape index (κ2) is 11.8. The highest BCUT2D eigenvalue weighted by atomic mass is 32.2. The van der Waals surface area contributed by atoms with E-state index in [1.807, 2.05) is 23.1 Å². The number of methoxy groups -OCH3 is 1. The normalized spacial score (nSPS) is 18.5. The number of hydrogen-bond donors (Lipinski definition) is 0. The van der Waals surface area contributed by atoms with Crippen molar-refractivity contribution in [2.75, 3.05) is 52.9 Å². The van der Waals surface area contributed by atoms with Gasteiger partial charge in [0.25, 0.3) is 5.91 Å². The van der Waals surface area contributed by atoms with E-state index in [1.165, 1.54) is 17.5 Å². The van der Waals surface area contributed by atoms with Crippen LogP contribution in [0.5, 0.6) is 5.75 Å². The number of rotatable bonds is 7. The first-order chi connectivity index (χ1) is 17.0. The van der Waals surface area contributed by atoms with Gasteiger partial charge in [-0.25, -0.2) is 8.42 Å². The number of amides is 1. The topological polar surface area (TPSA) is 70.2 Å². The Labute approximate surface area is 209 Å². The van der Waals surface area contributed by atoms with Crippen LogP contribution in [-0.4, -0.2) is 81.4 Å². The van der Waals surface area contributed by atoms with Crippen LogP contribution in [-0.2, 0) is 10.0 Å². The van der Waals surface area contributed by atoms with Gasteiger partial charge in [0.15, 0.2) is 0 Å². The fourth-order valence-electron chi connectivity index (χ4n) is 4.66. The molecule has 2 fully saturated rings. The SMILES string of the molecule is COc1ccc(S(=O)(=O)N2CCN(C/C=C/c3ccccc3)CC2)cc1C(=O)N1CCCCCC1. The molecule has 0 bridgehead atoms. The lowest BCUT2D eigenvalue weighted by atomic mass is 10.1. The molecule has 8 heteroatoms. The largest absolute Gasteiger partial charge is 0.496 e. The van der Waals surface area contributed by atoms with Crippen LogP contribution in [0, 0.1) is 0 Å². The molecule has 0 spiro atoms. The van der Waals surface area contributed by atoms with Crippen LogP contribution in [0.4, 0.5) is 0 Å². The second-order valence-electron chi connectivity index (χ2n) is 9.09. The number of carbonyl (C=O) groups is 1. The predicted molar refractivity (Wildman–Crippen MR) is 138 cm³/mol. The summed E-state index contributed by atoms with van der Waals surface area (Å²) in [5.41, 5.74) is 1.47. The van der Waals surface area contributed by atoms with Crippen LogP contribution in [0.25, 0.3) is 6.08 Å². The Balaban J connectivity index is 1.42. The molecule has 0 aromatic heterocycles. The fraction of sp³-hybridized carbons (Fsp3) is 0.444. The molecule has 2 aromatic rings. The molecular weight excluding hydrogens is 462 g/mol. The van der Waals surface area contributed by atoms with Crippen molar-refractivity contribution in [3.8, 4) is 5.75 Å². The van der Waals surface area contributed by atoms with Gasteiger partial charge < -0.3 is 9.64 Å². The summed E-state index contributed by atoms with van der Waals surface area (Å²) in [5, 5.41) is 0. The van der Waals surface area contributed by atoms with Gasteiger partial charge in [-0.15, -0.1) is 0 Å². The Kier molecular flexibility index (Phi) is 8.59. The summed E-state index contributed by atoms with van der Waals surface area (Å²) >= 11 is 0. The maximum absolute atomic E-state index is 13.4. The summed E-state index contributed by atoms with van der Waals surface area (Å²) in [6, 6.07) is 14.8. The van der Waals surface area contributed by atoms with Gasteiger partial charge in [-0.3, -0.25) is 9.69 Å². The zero-order valence-corrected chi connectivity index (χ0v) is 21.3. The molecule has 0 unspecified atom stereocenters. The third kappa shape index (κ3) is 6.31. The van der Waals surface area contributed by atoms with Crippen LogP contribution in [0.3, 0.4) is 0 Å². The average molecular weight is 498 g/mol. The molecule has 0 N–H and O–H groups in total. The van der Waals surface area contributed by atoms with E-state index in [1.54, 1.807) is 12.1 Å². The van der Waals surface area contributed by atoms with E-state index >= 15 is 0 Å². The first kappa shape index (κ1) is 25.4. The molecule has 7 nitrogen and oxygen atoms in total. The summed E-state index contributed by atoms with van der Waals surface area (Å²) in [5.74, 6) is 0.254. The predicted octanol–water partition coefficient (Wildman–Crippen LogP) is 3.73. The van der Waals surface area contributed by atoms with Crippen molar-refractivity contribution in [3.63, 3.8) is 0 Å². The summed E-state index contributed by atoms with van der Waals surface area (Å²) in [6.07, 6.45) is 8.37. The van der Waals surface area contributed by atoms with E-state index < -0.39 is 10.0 Å². The quantitative estimate of drug-likeness (QED) is 0.583. The van der Waals surface area contributed by atoms with Crippen LogP contribution in [0.2, 0.25) is 0 Å². The van der Waals surface area contributed by atoms with E-state index in [0.717, 1.165) is 37.8 Å². The molecule has 0 radical (unpaired) electrons. The van der Waals surface area contributed by atoms with Crippen molar-refractivity contribution in [1.29, 1.82) is 0 Å². The van der Waals surface area contributed by atoms with Gasteiger partial charge >= 0.3 is 0 Å². The first-order valence-electron chi connectivity index (χ1n) is 12.4. The van der Waals surface area contributed by atoms with E-state index in [-0.39, 0.29) is 10.8 Å². The van der Waals surface area contributed by atoms with Gasteiger partial charge in [0.1, 0.15) is 5.75 Å². The molecule has 0 saturated carbocycles. The van der Waals surface area contributed by atoms with E-state index in [2.05, 4.69) is 29.2 Å². The summed E-state index contributed by atoms with van der Waals surface area (Å²) in [6.45, 7) is 4.33. The molecule has 0 atom stereocenters. The highest BCUT2D eigenvalue weighted by molar-refractivity contribution is 7.89. The zero-order chi connectivity index (χ0) is 24.7. The highest BCUT2D eigenvalue weighted by Crippen LogP contribution is 2.27. The van der Waals surface area contributed by atoms with Crippen LogP contribution in [0.1, 0.15) is 41.6 Å². The van der Waals surface area contributed by atoms with E-state index in [9.17, 15) is 13.2 Å². The maximum atomic E-state index is 13.4. The molecule has 2 aliphatic heterocycles. The summed E-state index contributed by atoms with van der Waals surface area (Å²) < 4.78 is 33.8. The molecule has 1 amide bonds. The van der Waals surface area contributed by atoms with Crippen molar-refractivity contribution < 1.29 is 17.9 Å². The molecule has 2 heterocycles. The molecule has 2 aliphatic rings. The lowest BCUT2D eigenvalue weighted by Gasteiger charge is -2.33. The summed E-state index contributed by atoms with van der Waals surface area (Å²) in [4.78, 5) is 17.5. The van der Waals surface area contributed by atoms with Gasteiger partial charge in [0, 0.05) is 45.8 Å². The third-order valence-electron chi connectivity index (χ3n) is 6.74. The van der Waals surface area contributed by atoms with Crippen molar-refractivity contribution in [2.45, 2.75) is 30.6 Å². The average Bonchev–Trinajstić information content (AvgIpc) is 3.18. The molecule has 2 aromatic carbocycles. The number of piperazine rings is 1. The van der Waals surface area contributed by atoms with Crippen molar-refractivity contribution in [1.82, 2.24) is 14.1 Å². The van der Waals surface area contributed by atoms with Crippen molar-refractivity contribution >= 4 is 22.0 Å². The smallest absolute Gasteiger partial charge is 0.257 e. The second-order valence-corrected chi connectivity index (χ2v) is 11.0. The molecule has 35 heavy (non-hydrogen) atoms. The van der Waals surface area contributed by atoms with Gasteiger partial charge in [0.05, 0.1) is 17.6 Å². The Bertz CT molecular complexity index is 1120. The molecular formula is C27H35N3O4S. The fourth-order valence-corrected chi connectivity index (χ4v) is 6.11. The van der Waals surface area contributed by atoms with E-state index in [4.69, 9.17) is 4.74 Å². The van der Waals surface area contributed by atoms with Gasteiger partial charge in [-0.2, -0.15) is 4.31 Å². The van der Waals surface area contributed by atoms with Gasteiger partial charge in [0.2, 0.25) is 10.0 Å². The van der Waals surface area contributed by atoms with Crippen LogP contribution >= 0.6 is 0 Å². The Morgan fingerprint density at radius 1 is 0.914 bits per heavy atom. The number of nitrogens with zero attached hydrogens (tertiary/aromatic N) is 3. The number of likely N-dealkylation sites (tertiary alicyclic amines) is 1. The molecule has 2 saturated heterocycles. The standard InChI is InChI=1S/C27H35N3O4S/c1-34-26-14-13-24(22-25(26)27(31)29-16-7-2-3-8-17-29)35(32,33)30-20-18-28(19-21-30)15-9-12-23-10-5-4-6-11-23/h4-6,9-14,22H,2-3,7-8,15-21H2,1H3/b12-9+. The zero-order valence-electron chi connectivity index (χ0n) is 20.4. The minimum absolute atomic E-state index is 0.147. The number of hydrogen-bond acceptors (Lipinski definition) is 5. The Morgan fingerprint density at radius 3 is 2.26 bits per heavy atom. The van der Waals surface area contributed by atoms with Crippen LogP contribution < -0.4 is 4.74 Å². The van der Waals surface area contributed by atoms with Gasteiger partial charge in [-0.1, -0.05) is 55.3 Å². The van der Waals surface area contributed by atoms with Gasteiger partial charge in [-0.05, 0) is 36.6 Å². The molecule has 4 rings (SSSR count). The van der Waals surface area contributed by atoms with Crippen LogP contribution in [0.15, 0.2) is 59.5 Å². The number of ether oxygens (including phenoxy) is 1. The lowest BCUT2D eigenvalue weighted by Crippen LogP contribution is -2.48. The Hall–Kier alpha value is -2.68. The number of sulfonamides is 1. The first-order valence-corrected chi connectivity index (χ1v) is 13.8. The Morgan fingerprint density at radius 2 is 1.60 bits per heavy atom. The lowest BCUT2D eigenvalue weighted by molar-refractivity contribution is 0.0758. The minimum Gasteiger partial charge on any atom is -0.496 e. The molecule has 188 valence electrons. The monoisotopic (exact) mass is 497 g/mol. The van der Waals surface area contributed by atoms with Crippen molar-refractivity contribution in [2.24, 2.45) is 0 Å². The maximum Gasteiger partial charge on any atom is 0.257 e. The third-order valence-corrected chi connectivity index (χ3v) is 8.63.